The van der Waals surface area contributed by atoms with Crippen LogP contribution in [0.5, 0.6) is 0 Å². The van der Waals surface area contributed by atoms with Crippen LogP contribution >= 0.6 is 0 Å². The molecule has 14 nitrogen and oxygen atoms in total. The minimum absolute atomic E-state index is 0.00506. The Morgan fingerprint density at radius 3 is 2.19 bits per heavy atom. The van der Waals surface area contributed by atoms with Crippen molar-refractivity contribution in [3.63, 3.8) is 0 Å². The minimum atomic E-state index is -4.34. The zero-order valence-corrected chi connectivity index (χ0v) is 21.1. The topological polar surface area (TPSA) is 228 Å². The van der Waals surface area contributed by atoms with Crippen molar-refractivity contribution in [2.75, 3.05) is 17.3 Å². The van der Waals surface area contributed by atoms with Crippen LogP contribution in [0.15, 0.2) is 53.4 Å². The summed E-state index contributed by atoms with van der Waals surface area (Å²) in [5, 5.41) is 2.85. The summed E-state index contributed by atoms with van der Waals surface area (Å²) in [6.07, 6.45) is 2.12. The molecule has 1 aromatic heterocycles. The Hall–Kier alpha value is -3.51. The van der Waals surface area contributed by atoms with Crippen molar-refractivity contribution >= 4 is 48.3 Å². The second-order valence-corrected chi connectivity index (χ2v) is 10.8. The third-order valence-electron chi connectivity index (χ3n) is 4.25. The fraction of sp³-hybridized carbons (Fsp3) is 0.211. The van der Waals surface area contributed by atoms with Gasteiger partial charge < -0.3 is 11.1 Å². The van der Waals surface area contributed by atoms with Crippen molar-refractivity contribution in [1.82, 2.24) is 19.7 Å². The van der Waals surface area contributed by atoms with E-state index >= 15 is 0 Å². The molecule has 194 valence electrons. The largest absolute Gasteiger partial charge is 0.425 e. The van der Waals surface area contributed by atoms with Crippen LogP contribution in [-0.2, 0) is 50.1 Å². The third-order valence-corrected chi connectivity index (χ3v) is 5.77. The van der Waals surface area contributed by atoms with E-state index in [4.69, 9.17) is 18.4 Å². The van der Waals surface area contributed by atoms with Gasteiger partial charge in [0.05, 0.1) is 11.2 Å². The SMILES string of the molecule is CS(=O)(=O)NCc1cccc(CCc2nc(N)nc(Nc3cccc(S(=O)(=O)O)c3)n2)c1.O=S(=O)=O. The first-order valence-corrected chi connectivity index (χ1v) is 14.2. The molecule has 0 spiro atoms. The maximum Gasteiger partial charge on any atom is 0.425 e. The molecule has 0 aliphatic heterocycles. The Labute approximate surface area is 208 Å². The Balaban J connectivity index is 0.00000106. The monoisotopic (exact) mass is 558 g/mol. The van der Waals surface area contributed by atoms with Crippen LogP contribution in [0.2, 0.25) is 0 Å². The highest BCUT2D eigenvalue weighted by Gasteiger charge is 2.11. The second-order valence-electron chi connectivity index (χ2n) is 7.18. The number of aromatic nitrogens is 3. The molecule has 36 heavy (non-hydrogen) atoms. The summed E-state index contributed by atoms with van der Waals surface area (Å²) >= 11 is 0. The van der Waals surface area contributed by atoms with E-state index in [0.717, 1.165) is 17.4 Å². The maximum absolute atomic E-state index is 11.3. The fourth-order valence-electron chi connectivity index (χ4n) is 2.83. The van der Waals surface area contributed by atoms with E-state index in [1.807, 2.05) is 24.3 Å². The number of nitrogens with zero attached hydrogens (tertiary/aromatic N) is 3. The van der Waals surface area contributed by atoms with Gasteiger partial charge >= 0.3 is 10.6 Å². The highest BCUT2D eigenvalue weighted by Crippen LogP contribution is 2.19. The van der Waals surface area contributed by atoms with Gasteiger partial charge in [-0.2, -0.15) is 23.4 Å². The quantitative estimate of drug-likeness (QED) is 0.259. The summed E-state index contributed by atoms with van der Waals surface area (Å²) in [6.45, 7) is 0.196. The zero-order valence-electron chi connectivity index (χ0n) is 18.7. The van der Waals surface area contributed by atoms with Gasteiger partial charge in [0.25, 0.3) is 10.1 Å². The molecule has 0 aliphatic carbocycles. The van der Waals surface area contributed by atoms with Gasteiger partial charge in [0.2, 0.25) is 21.9 Å². The minimum Gasteiger partial charge on any atom is -0.368 e. The number of rotatable bonds is 9. The molecule has 1 heterocycles. The van der Waals surface area contributed by atoms with Gasteiger partial charge in [0, 0.05) is 18.7 Å². The van der Waals surface area contributed by atoms with Crippen LogP contribution in [0.4, 0.5) is 17.6 Å². The lowest BCUT2D eigenvalue weighted by molar-refractivity contribution is 0.483. The second kappa shape index (κ2) is 12.5. The van der Waals surface area contributed by atoms with E-state index in [1.54, 1.807) is 6.07 Å². The van der Waals surface area contributed by atoms with Gasteiger partial charge in [-0.3, -0.25) is 4.55 Å². The highest BCUT2D eigenvalue weighted by atomic mass is 32.2. The lowest BCUT2D eigenvalue weighted by Gasteiger charge is -2.09. The first-order chi connectivity index (χ1) is 16.7. The molecule has 0 radical (unpaired) electrons. The molecule has 0 saturated carbocycles. The fourth-order valence-corrected chi connectivity index (χ4v) is 3.79. The molecule has 0 bridgehead atoms. The number of benzene rings is 2. The lowest BCUT2D eigenvalue weighted by Crippen LogP contribution is -2.21. The molecular formula is C19H22N6O8S3. The molecule has 3 rings (SSSR count). The number of hydrogen-bond donors (Lipinski definition) is 4. The molecule has 0 fully saturated rings. The highest BCUT2D eigenvalue weighted by molar-refractivity contribution is 7.88. The molecule has 5 N–H and O–H groups in total. The van der Waals surface area contributed by atoms with Crippen LogP contribution in [0, 0.1) is 0 Å². The van der Waals surface area contributed by atoms with Gasteiger partial charge in [-0.05, 0) is 35.7 Å². The Bertz CT molecular complexity index is 1540. The normalized spacial score (nSPS) is 11.3. The van der Waals surface area contributed by atoms with E-state index in [9.17, 15) is 21.4 Å². The van der Waals surface area contributed by atoms with Gasteiger partial charge in [-0.1, -0.05) is 30.3 Å². The number of aryl methyl sites for hydroxylation is 2. The van der Waals surface area contributed by atoms with E-state index in [0.29, 0.717) is 24.4 Å². The summed E-state index contributed by atoms with van der Waals surface area (Å²) in [6, 6.07) is 13.0. The third kappa shape index (κ3) is 10.8. The smallest absolute Gasteiger partial charge is 0.368 e. The Kier molecular flexibility index (Phi) is 9.93. The standard InChI is InChI=1S/C19H22N6O5S2.O3S/c1-31(26,27)21-12-14-5-2-4-13(10-14)8-9-17-23-18(20)25-19(24-17)22-15-6-3-7-16(11-15)32(28,29)30;1-4(2)3/h2-7,10-11,21H,8-9,12H2,1H3,(H,28,29,30)(H3,20,22,23,24,25);. The maximum atomic E-state index is 11.3. The summed E-state index contributed by atoms with van der Waals surface area (Å²) in [7, 11) is -10.7. The van der Waals surface area contributed by atoms with Crippen molar-refractivity contribution in [1.29, 1.82) is 0 Å². The number of nitrogens with two attached hydrogens (primary N) is 1. The van der Waals surface area contributed by atoms with Crippen molar-refractivity contribution < 1.29 is 34.0 Å². The van der Waals surface area contributed by atoms with Gasteiger partial charge in [0.15, 0.2) is 0 Å². The van der Waals surface area contributed by atoms with Gasteiger partial charge in [-0.15, -0.1) is 12.6 Å². The molecule has 3 aromatic rings. The van der Waals surface area contributed by atoms with Crippen molar-refractivity contribution in [3.8, 4) is 0 Å². The molecule has 0 aliphatic rings. The van der Waals surface area contributed by atoms with Crippen LogP contribution in [0.3, 0.4) is 0 Å². The molecule has 0 unspecified atom stereocenters. The Morgan fingerprint density at radius 1 is 0.917 bits per heavy atom. The molecule has 2 aromatic carbocycles. The molecule has 0 saturated heterocycles. The van der Waals surface area contributed by atoms with Crippen molar-refractivity contribution in [2.24, 2.45) is 0 Å². The van der Waals surface area contributed by atoms with Crippen LogP contribution in [0.25, 0.3) is 0 Å². The number of hydrogen-bond acceptors (Lipinski definition) is 12. The lowest BCUT2D eigenvalue weighted by atomic mass is 10.1. The summed E-state index contributed by atoms with van der Waals surface area (Å²) in [5.74, 6) is 0.547. The summed E-state index contributed by atoms with van der Waals surface area (Å²) in [5.41, 5.74) is 7.92. The van der Waals surface area contributed by atoms with Crippen molar-refractivity contribution in [3.05, 3.63) is 65.5 Å². The van der Waals surface area contributed by atoms with Crippen molar-refractivity contribution in [2.45, 2.75) is 24.3 Å². The average Bonchev–Trinajstić information content (AvgIpc) is 2.75. The molecule has 17 heteroatoms. The predicted octanol–water partition coefficient (Wildman–Crippen LogP) is 0.274. The predicted molar refractivity (Wildman–Crippen MR) is 129 cm³/mol. The van der Waals surface area contributed by atoms with E-state index in [2.05, 4.69) is 25.0 Å². The number of sulfonamides is 1. The van der Waals surface area contributed by atoms with E-state index < -0.39 is 30.8 Å². The number of nitrogens with one attached hydrogen (secondary N) is 2. The zero-order chi connectivity index (χ0) is 26.9. The molecule has 0 amide bonds. The average molecular weight is 559 g/mol. The Morgan fingerprint density at radius 2 is 1.56 bits per heavy atom. The van der Waals surface area contributed by atoms with E-state index in [1.165, 1.54) is 18.2 Å². The number of anilines is 3. The van der Waals surface area contributed by atoms with Crippen LogP contribution in [-0.4, -0.2) is 55.2 Å². The summed E-state index contributed by atoms with van der Waals surface area (Å²) in [4.78, 5) is 12.2. The van der Waals surface area contributed by atoms with Crippen LogP contribution in [0.1, 0.15) is 17.0 Å². The summed E-state index contributed by atoms with van der Waals surface area (Å²) < 4.78 is 82.1. The molecule has 0 atom stereocenters. The molecular weight excluding hydrogens is 536 g/mol. The van der Waals surface area contributed by atoms with Gasteiger partial charge in [0.1, 0.15) is 5.82 Å². The number of nitrogen functional groups attached to an aromatic ring is 1. The first-order valence-electron chi connectivity index (χ1n) is 9.85. The first kappa shape index (κ1) is 28.7. The van der Waals surface area contributed by atoms with E-state index in [-0.39, 0.29) is 23.3 Å². The van der Waals surface area contributed by atoms with Crippen LogP contribution < -0.4 is 15.8 Å². The van der Waals surface area contributed by atoms with Gasteiger partial charge in [-0.25, -0.2) is 13.1 Å².